The van der Waals surface area contributed by atoms with Gasteiger partial charge in [-0.1, -0.05) is 0 Å². The summed E-state index contributed by atoms with van der Waals surface area (Å²) in [6.07, 6.45) is 1.68. The number of hydrogen-bond donors (Lipinski definition) is 1. The van der Waals surface area contributed by atoms with Gasteiger partial charge in [-0.15, -0.1) is 0 Å². The third-order valence-corrected chi connectivity index (χ3v) is 0.112. The molecule has 0 aromatic rings. The van der Waals surface area contributed by atoms with Crippen LogP contribution in [0.15, 0.2) is 0 Å². The first-order valence-corrected chi connectivity index (χ1v) is 0.974. The van der Waals surface area contributed by atoms with E-state index in [-0.39, 0.29) is 37.7 Å². The summed E-state index contributed by atoms with van der Waals surface area (Å²) < 4.78 is 0. The zero-order chi connectivity index (χ0) is 3.41. The molecule has 0 aromatic carbocycles. The number of nitrogens with zero attached hydrogens (tertiary/aromatic N) is 1. The van der Waals surface area contributed by atoms with Crippen LogP contribution in [0, 0.1) is 11.5 Å². The van der Waals surface area contributed by atoms with Crippen molar-refractivity contribution in [1.82, 2.24) is 5.32 Å². The molecule has 0 spiro atoms. The van der Waals surface area contributed by atoms with Gasteiger partial charge in [-0.25, -0.2) is 0 Å². The van der Waals surface area contributed by atoms with E-state index in [2.05, 4.69) is 5.32 Å². The van der Waals surface area contributed by atoms with Crippen LogP contribution >= 0.6 is 0 Å². The first-order chi connectivity index (χ1) is 1.91. The topological polar surface area (TPSA) is 35.8 Å². The summed E-state index contributed by atoms with van der Waals surface area (Å²) in [5, 5.41) is 9.75. The molecular weight excluding hydrogens is 92.1 g/mol. The standard InChI is InChI=1S/C2H4N2.Ca.2H/c1-4-2-3;;;/h4H,1H3;;;. The van der Waals surface area contributed by atoms with Crippen LogP contribution in [0.4, 0.5) is 0 Å². The molecule has 0 aliphatic carbocycles. The van der Waals surface area contributed by atoms with Gasteiger partial charge in [0.15, 0.2) is 6.19 Å². The molecule has 0 aliphatic rings. The predicted molar refractivity (Wildman–Crippen MR) is 23.2 cm³/mol. The normalized spacial score (nSPS) is 3.20. The Morgan fingerprint density at radius 3 is 2.00 bits per heavy atom. The number of nitrogens with one attached hydrogen (secondary N) is 1. The Morgan fingerprint density at radius 1 is 1.80 bits per heavy atom. The van der Waals surface area contributed by atoms with Gasteiger partial charge in [0.05, 0.1) is 0 Å². The van der Waals surface area contributed by atoms with Gasteiger partial charge in [0.25, 0.3) is 0 Å². The van der Waals surface area contributed by atoms with Gasteiger partial charge in [-0.05, 0) is 0 Å². The van der Waals surface area contributed by atoms with Gasteiger partial charge < -0.3 is 5.32 Å². The van der Waals surface area contributed by atoms with Crippen molar-refractivity contribution in [3.05, 3.63) is 0 Å². The van der Waals surface area contributed by atoms with Crippen molar-refractivity contribution in [3.8, 4) is 6.19 Å². The Bertz CT molecular complexity index is 37.4. The van der Waals surface area contributed by atoms with Gasteiger partial charge in [-0.2, -0.15) is 5.26 Å². The first kappa shape index (κ1) is 9.12. The van der Waals surface area contributed by atoms with Crippen LogP contribution in [0.3, 0.4) is 0 Å². The van der Waals surface area contributed by atoms with E-state index in [0.29, 0.717) is 0 Å². The van der Waals surface area contributed by atoms with E-state index in [1.165, 1.54) is 0 Å². The van der Waals surface area contributed by atoms with Crippen molar-refractivity contribution >= 4 is 37.7 Å². The summed E-state index contributed by atoms with van der Waals surface area (Å²) in [5.41, 5.74) is 0. The third-order valence-electron chi connectivity index (χ3n) is 0.112. The summed E-state index contributed by atoms with van der Waals surface area (Å²) in [6.45, 7) is 0. The average molecular weight is 98.2 g/mol. The van der Waals surface area contributed by atoms with E-state index < -0.39 is 0 Å². The van der Waals surface area contributed by atoms with E-state index >= 15 is 0 Å². The monoisotopic (exact) mass is 98.0 g/mol. The fourth-order valence-corrected chi connectivity index (χ4v) is 0. The quantitative estimate of drug-likeness (QED) is 0.234. The van der Waals surface area contributed by atoms with Gasteiger partial charge in [0, 0.05) is 7.05 Å². The molecule has 0 atom stereocenters. The summed E-state index contributed by atoms with van der Waals surface area (Å²) >= 11 is 0. The number of nitriles is 1. The Hall–Kier alpha value is 0.550. The Morgan fingerprint density at radius 2 is 2.00 bits per heavy atom. The predicted octanol–water partition coefficient (Wildman–Crippen LogP) is -1.23. The van der Waals surface area contributed by atoms with E-state index in [1.54, 1.807) is 13.2 Å². The molecule has 0 unspecified atom stereocenters. The van der Waals surface area contributed by atoms with Crippen molar-refractivity contribution in [2.75, 3.05) is 7.05 Å². The molecule has 0 amide bonds. The molecule has 0 fully saturated rings. The maximum absolute atomic E-state index is 7.51. The molecule has 2 nitrogen and oxygen atoms in total. The Kier molecular flexibility index (Phi) is 16.1. The number of rotatable bonds is 0. The van der Waals surface area contributed by atoms with Crippen LogP contribution in [0.5, 0.6) is 0 Å². The molecule has 0 radical (unpaired) electrons. The second-order valence-electron chi connectivity index (χ2n) is 0.362. The molecule has 1 N–H and O–H groups in total. The van der Waals surface area contributed by atoms with Crippen LogP contribution in [-0.2, 0) is 0 Å². The van der Waals surface area contributed by atoms with Crippen LogP contribution in [0.25, 0.3) is 0 Å². The molecule has 0 bridgehead atoms. The van der Waals surface area contributed by atoms with Crippen LogP contribution in [0.2, 0.25) is 0 Å². The summed E-state index contributed by atoms with van der Waals surface area (Å²) in [4.78, 5) is 0. The Balaban J connectivity index is 0. The van der Waals surface area contributed by atoms with Crippen molar-refractivity contribution in [2.45, 2.75) is 0 Å². The first-order valence-electron chi connectivity index (χ1n) is 0.974. The van der Waals surface area contributed by atoms with Gasteiger partial charge >= 0.3 is 37.7 Å². The zero-order valence-corrected chi connectivity index (χ0v) is 2.45. The van der Waals surface area contributed by atoms with Gasteiger partial charge in [-0.3, -0.25) is 0 Å². The molecule has 0 heterocycles. The zero-order valence-electron chi connectivity index (χ0n) is 2.45. The summed E-state index contributed by atoms with van der Waals surface area (Å²) in [7, 11) is 1.57. The van der Waals surface area contributed by atoms with Crippen molar-refractivity contribution in [3.63, 3.8) is 0 Å². The molecule has 5 heavy (non-hydrogen) atoms. The molecule has 0 aromatic heterocycles. The second kappa shape index (κ2) is 8.82. The van der Waals surface area contributed by atoms with E-state index in [0.717, 1.165) is 0 Å². The molecule has 0 rings (SSSR count). The van der Waals surface area contributed by atoms with Crippen molar-refractivity contribution < 1.29 is 0 Å². The minimum absolute atomic E-state index is 0. The van der Waals surface area contributed by atoms with Gasteiger partial charge in [0.2, 0.25) is 0 Å². The fourth-order valence-electron chi connectivity index (χ4n) is 0. The summed E-state index contributed by atoms with van der Waals surface area (Å²) in [6, 6.07) is 0. The second-order valence-corrected chi connectivity index (χ2v) is 0.362. The molecule has 0 aliphatic heterocycles. The maximum atomic E-state index is 7.51. The van der Waals surface area contributed by atoms with E-state index in [4.69, 9.17) is 5.26 Å². The SMILES string of the molecule is CNC#N.[CaH2]. The molecule has 3 heteroatoms. The average Bonchev–Trinajstić information content (AvgIpc) is 1.37. The molecule has 26 valence electrons. The van der Waals surface area contributed by atoms with Crippen LogP contribution in [0.1, 0.15) is 0 Å². The Labute approximate surface area is 61.2 Å². The van der Waals surface area contributed by atoms with Gasteiger partial charge in [0.1, 0.15) is 0 Å². The van der Waals surface area contributed by atoms with Crippen LogP contribution in [-0.4, -0.2) is 44.8 Å². The van der Waals surface area contributed by atoms with Crippen LogP contribution < -0.4 is 5.32 Å². The molecule has 0 saturated heterocycles. The third kappa shape index (κ3) is 12.3. The fraction of sp³-hybridized carbons (Fsp3) is 0.500. The van der Waals surface area contributed by atoms with Crippen molar-refractivity contribution in [2.24, 2.45) is 0 Å². The van der Waals surface area contributed by atoms with E-state index in [1.807, 2.05) is 0 Å². The molecular formula is C2H6CaN2. The summed E-state index contributed by atoms with van der Waals surface area (Å²) in [5.74, 6) is 0. The number of hydrogen-bond acceptors (Lipinski definition) is 2. The van der Waals surface area contributed by atoms with E-state index in [9.17, 15) is 0 Å². The minimum atomic E-state index is 0. The van der Waals surface area contributed by atoms with Crippen molar-refractivity contribution in [1.29, 1.82) is 5.26 Å². The molecule has 0 saturated carbocycles.